The number of nitrogens with zero attached hydrogens (tertiary/aromatic N) is 3. The zero-order chi connectivity index (χ0) is 28.1. The Hall–Kier alpha value is -3.13. The van der Waals surface area contributed by atoms with Gasteiger partial charge in [-0.3, -0.25) is 29.4 Å². The van der Waals surface area contributed by atoms with Crippen LogP contribution in [0.2, 0.25) is 0 Å². The van der Waals surface area contributed by atoms with Gasteiger partial charge in [0.05, 0.1) is 20.0 Å². The van der Waals surface area contributed by atoms with Crippen LogP contribution in [0.25, 0.3) is 6.08 Å². The average Bonchev–Trinajstić information content (AvgIpc) is 3.16. The van der Waals surface area contributed by atoms with Crippen LogP contribution in [0.3, 0.4) is 0 Å². The molecule has 2 aromatic rings. The molecule has 2 aliphatic rings. The Morgan fingerprint density at radius 2 is 1.87 bits per heavy atom. The highest BCUT2D eigenvalue weighted by molar-refractivity contribution is 14.1. The Bertz CT molecular complexity index is 1310. The van der Waals surface area contributed by atoms with E-state index in [0.29, 0.717) is 42.7 Å². The Labute approximate surface area is 244 Å². The summed E-state index contributed by atoms with van der Waals surface area (Å²) in [5.41, 5.74) is 1.40. The number of non-ortho nitro benzene ring substituents is 1. The van der Waals surface area contributed by atoms with Crippen molar-refractivity contribution in [3.05, 3.63) is 66.1 Å². The van der Waals surface area contributed by atoms with Crippen molar-refractivity contribution in [3.63, 3.8) is 0 Å². The molecule has 0 aromatic heterocycles. The van der Waals surface area contributed by atoms with Gasteiger partial charge in [-0.2, -0.15) is 0 Å². The Morgan fingerprint density at radius 3 is 2.51 bits per heavy atom. The first-order valence-corrected chi connectivity index (χ1v) is 14.4. The van der Waals surface area contributed by atoms with E-state index in [9.17, 15) is 24.5 Å². The van der Waals surface area contributed by atoms with Crippen molar-refractivity contribution in [2.24, 2.45) is 5.92 Å². The summed E-state index contributed by atoms with van der Waals surface area (Å²) >= 11 is 2.92. The summed E-state index contributed by atoms with van der Waals surface area (Å²) in [5.74, 6) is 0.829. The highest BCUT2D eigenvalue weighted by Gasteiger charge is 2.37. The molecular formula is C27H28IN3O7S. The van der Waals surface area contributed by atoms with Crippen LogP contribution >= 0.6 is 34.4 Å². The van der Waals surface area contributed by atoms with Gasteiger partial charge in [-0.15, -0.1) is 0 Å². The summed E-state index contributed by atoms with van der Waals surface area (Å²) in [6, 6.07) is 9.64. The van der Waals surface area contributed by atoms with E-state index in [2.05, 4.69) is 29.5 Å². The number of carbonyl (C=O) groups is 3. The smallest absolute Gasteiger partial charge is 0.294 e. The Kier molecular flexibility index (Phi) is 9.49. The van der Waals surface area contributed by atoms with Gasteiger partial charge in [0.2, 0.25) is 5.91 Å². The van der Waals surface area contributed by atoms with Crippen molar-refractivity contribution in [1.82, 2.24) is 9.80 Å². The second kappa shape index (κ2) is 12.8. The van der Waals surface area contributed by atoms with Gasteiger partial charge < -0.3 is 14.4 Å². The van der Waals surface area contributed by atoms with Crippen molar-refractivity contribution >= 4 is 63.2 Å². The highest BCUT2D eigenvalue weighted by Crippen LogP contribution is 2.38. The fraction of sp³-hybridized carbons (Fsp3) is 0.370. The van der Waals surface area contributed by atoms with E-state index < -0.39 is 16.1 Å². The van der Waals surface area contributed by atoms with Crippen molar-refractivity contribution in [2.75, 3.05) is 26.2 Å². The normalized spacial score (nSPS) is 17.2. The molecule has 0 unspecified atom stereocenters. The lowest BCUT2D eigenvalue weighted by atomic mass is 9.99. The average molecular weight is 666 g/mol. The summed E-state index contributed by atoms with van der Waals surface area (Å²) in [6.45, 7) is 5.57. The number of hydrogen-bond donors (Lipinski definition) is 0. The predicted molar refractivity (Wildman–Crippen MR) is 155 cm³/mol. The number of benzene rings is 2. The van der Waals surface area contributed by atoms with Gasteiger partial charge in [0.15, 0.2) is 11.5 Å². The molecule has 39 heavy (non-hydrogen) atoms. The molecule has 206 valence electrons. The minimum atomic E-state index is -0.491. The maximum Gasteiger partial charge on any atom is 0.294 e. The number of carbonyl (C=O) groups excluding carboxylic acids is 3. The zero-order valence-electron chi connectivity index (χ0n) is 21.6. The van der Waals surface area contributed by atoms with E-state index in [4.69, 9.17) is 9.47 Å². The van der Waals surface area contributed by atoms with Crippen molar-refractivity contribution < 1.29 is 28.8 Å². The maximum atomic E-state index is 13.0. The number of rotatable bonds is 9. The summed E-state index contributed by atoms with van der Waals surface area (Å²) in [6.07, 6.45) is 3.45. The largest absolute Gasteiger partial charge is 0.490 e. The summed E-state index contributed by atoms with van der Waals surface area (Å²) in [4.78, 5) is 51.7. The van der Waals surface area contributed by atoms with Crippen LogP contribution in [0.15, 0.2) is 41.3 Å². The highest BCUT2D eigenvalue weighted by atomic mass is 127. The summed E-state index contributed by atoms with van der Waals surface area (Å²) in [5, 5.41) is 10.4. The lowest BCUT2D eigenvalue weighted by Crippen LogP contribution is -2.45. The number of ether oxygens (including phenoxy) is 2. The molecule has 0 bridgehead atoms. The molecule has 0 saturated carbocycles. The van der Waals surface area contributed by atoms with Crippen molar-refractivity contribution in [1.29, 1.82) is 0 Å². The molecule has 0 spiro atoms. The molecule has 2 saturated heterocycles. The van der Waals surface area contributed by atoms with Gasteiger partial charge in [0, 0.05) is 25.2 Å². The molecule has 0 atom stereocenters. The SMILES string of the molecule is CCOc1cc(/C=C2/SC(=O)N(CC(=O)N3CCC(C)CC3)C2=O)cc(I)c1OCc1ccc([N+](=O)[O-])cc1. The molecule has 0 aliphatic carbocycles. The quantitative estimate of drug-likeness (QED) is 0.150. The lowest BCUT2D eigenvalue weighted by molar-refractivity contribution is -0.384. The summed E-state index contributed by atoms with van der Waals surface area (Å²) in [7, 11) is 0. The van der Waals surface area contributed by atoms with Gasteiger partial charge in [-0.25, -0.2) is 0 Å². The van der Waals surface area contributed by atoms with Crippen LogP contribution in [0.5, 0.6) is 11.5 Å². The third-order valence-electron chi connectivity index (χ3n) is 6.46. The van der Waals surface area contributed by atoms with Gasteiger partial charge >= 0.3 is 0 Å². The van der Waals surface area contributed by atoms with E-state index in [1.807, 2.05) is 13.0 Å². The van der Waals surface area contributed by atoms with Crippen molar-refractivity contribution in [2.45, 2.75) is 33.3 Å². The topological polar surface area (TPSA) is 119 Å². The molecular weight excluding hydrogens is 637 g/mol. The number of imide groups is 1. The van der Waals surface area contributed by atoms with E-state index in [1.54, 1.807) is 29.2 Å². The number of hydrogen-bond acceptors (Lipinski definition) is 8. The molecule has 3 amide bonds. The van der Waals surface area contributed by atoms with Gasteiger partial charge in [-0.05, 0) is 102 Å². The molecule has 2 heterocycles. The van der Waals surface area contributed by atoms with E-state index in [-0.39, 0.29) is 29.7 Å². The second-order valence-electron chi connectivity index (χ2n) is 9.31. The van der Waals surface area contributed by atoms with Crippen LogP contribution in [0.1, 0.15) is 37.8 Å². The Balaban J connectivity index is 1.47. The van der Waals surface area contributed by atoms with E-state index in [0.717, 1.165) is 38.6 Å². The molecule has 10 nitrogen and oxygen atoms in total. The first kappa shape index (κ1) is 28.9. The van der Waals surface area contributed by atoms with Crippen LogP contribution in [0, 0.1) is 19.6 Å². The monoisotopic (exact) mass is 665 g/mol. The van der Waals surface area contributed by atoms with E-state index in [1.165, 1.54) is 12.1 Å². The molecule has 0 N–H and O–H groups in total. The third kappa shape index (κ3) is 7.10. The van der Waals surface area contributed by atoms with Crippen LogP contribution in [0.4, 0.5) is 10.5 Å². The first-order valence-electron chi connectivity index (χ1n) is 12.5. The second-order valence-corrected chi connectivity index (χ2v) is 11.5. The van der Waals surface area contributed by atoms with E-state index >= 15 is 0 Å². The fourth-order valence-corrected chi connectivity index (χ4v) is 5.84. The zero-order valence-corrected chi connectivity index (χ0v) is 24.5. The molecule has 2 fully saturated rings. The standard InChI is InChI=1S/C27H28IN3O7S/c1-3-37-22-13-19(12-21(28)25(22)38-16-18-4-6-20(7-5-18)31(35)36)14-23-26(33)30(27(34)39-23)15-24(32)29-10-8-17(2)9-11-29/h4-7,12-14,17H,3,8-11,15-16H2,1-2H3/b23-14+. The molecule has 2 aliphatic heterocycles. The number of thioether (sulfide) groups is 1. The Morgan fingerprint density at radius 1 is 1.18 bits per heavy atom. The molecule has 12 heteroatoms. The molecule has 2 aromatic carbocycles. The number of nitro benzene ring substituents is 1. The maximum absolute atomic E-state index is 13.0. The first-order chi connectivity index (χ1) is 18.7. The van der Waals surface area contributed by atoms with Gasteiger partial charge in [0.1, 0.15) is 13.2 Å². The third-order valence-corrected chi connectivity index (χ3v) is 8.17. The van der Waals surface area contributed by atoms with Crippen molar-refractivity contribution in [3.8, 4) is 11.5 Å². The fourth-order valence-electron chi connectivity index (χ4n) is 4.22. The number of nitro groups is 1. The number of likely N-dealkylation sites (tertiary alicyclic amines) is 1. The number of piperidine rings is 1. The molecule has 4 rings (SSSR count). The number of halogens is 1. The van der Waals surface area contributed by atoms with Crippen LogP contribution < -0.4 is 9.47 Å². The summed E-state index contributed by atoms with van der Waals surface area (Å²) < 4.78 is 12.5. The lowest BCUT2D eigenvalue weighted by Gasteiger charge is -2.31. The van der Waals surface area contributed by atoms with Gasteiger partial charge in [-0.1, -0.05) is 6.92 Å². The number of amides is 3. The minimum Gasteiger partial charge on any atom is -0.490 e. The molecule has 0 radical (unpaired) electrons. The van der Waals surface area contributed by atoms with Crippen LogP contribution in [-0.4, -0.2) is 58.0 Å². The van der Waals surface area contributed by atoms with Crippen LogP contribution in [-0.2, 0) is 16.2 Å². The minimum absolute atomic E-state index is 0.00241. The predicted octanol–water partition coefficient (Wildman–Crippen LogP) is 5.47. The van der Waals surface area contributed by atoms with Gasteiger partial charge in [0.25, 0.3) is 16.8 Å².